The van der Waals surface area contributed by atoms with Gasteiger partial charge in [-0.25, -0.2) is 0 Å². The molecule has 3 nitrogen and oxygen atoms in total. The highest BCUT2D eigenvalue weighted by Gasteiger charge is 2.15. The molecule has 1 heterocycles. The lowest BCUT2D eigenvalue weighted by Crippen LogP contribution is -2.19. The van der Waals surface area contributed by atoms with Gasteiger partial charge in [0.15, 0.2) is 0 Å². The Morgan fingerprint density at radius 2 is 1.66 bits per heavy atom. The zero-order valence-corrected chi connectivity index (χ0v) is 16.6. The molecule has 1 unspecified atom stereocenters. The molecule has 1 fully saturated rings. The Kier molecular flexibility index (Phi) is 6.28. The number of rotatable bonds is 7. The maximum atomic E-state index is 9.54. The van der Waals surface area contributed by atoms with Crippen molar-refractivity contribution in [3.8, 4) is 11.5 Å². The van der Waals surface area contributed by atoms with E-state index in [0.29, 0.717) is 5.75 Å². The van der Waals surface area contributed by atoms with Crippen LogP contribution in [0.2, 0.25) is 0 Å². The van der Waals surface area contributed by atoms with E-state index in [4.69, 9.17) is 4.74 Å². The number of nitrogens with one attached hydrogen (secondary N) is 1. The number of aromatic hydroxyl groups is 1. The molecule has 3 aromatic rings. The lowest BCUT2D eigenvalue weighted by Gasteiger charge is -2.13. The van der Waals surface area contributed by atoms with E-state index >= 15 is 0 Å². The van der Waals surface area contributed by atoms with Crippen molar-refractivity contribution in [2.24, 2.45) is 0 Å². The first-order chi connectivity index (χ1) is 14.3. The highest BCUT2D eigenvalue weighted by atomic mass is 16.5. The highest BCUT2D eigenvalue weighted by Crippen LogP contribution is 2.23. The molecule has 0 spiro atoms. The van der Waals surface area contributed by atoms with E-state index < -0.39 is 0 Å². The SMILES string of the molecule is Oc1ccc(CC(=CCc2ccc(OC3CCNC3)cc2)c2ccccc2)cc1. The standard InChI is InChI=1S/C26H27NO2/c28-24-12-7-21(8-13-24)18-23(22-4-2-1-3-5-22)11-6-20-9-14-25(15-10-20)29-26-16-17-27-19-26/h1-5,7-15,26-28H,6,16-19H2. The topological polar surface area (TPSA) is 41.5 Å². The van der Waals surface area contributed by atoms with E-state index in [-0.39, 0.29) is 6.10 Å². The van der Waals surface area contributed by atoms with Crippen molar-refractivity contribution in [2.45, 2.75) is 25.4 Å². The van der Waals surface area contributed by atoms with Crippen molar-refractivity contribution in [2.75, 3.05) is 13.1 Å². The summed E-state index contributed by atoms with van der Waals surface area (Å²) in [6.07, 6.45) is 5.37. The fourth-order valence-electron chi connectivity index (χ4n) is 3.64. The van der Waals surface area contributed by atoms with Crippen LogP contribution in [0.5, 0.6) is 11.5 Å². The second kappa shape index (κ2) is 9.44. The molecule has 1 saturated heterocycles. The number of allylic oxidation sites excluding steroid dienone is 2. The molecule has 4 rings (SSSR count). The maximum Gasteiger partial charge on any atom is 0.119 e. The van der Waals surface area contributed by atoms with Gasteiger partial charge in [0.25, 0.3) is 0 Å². The minimum atomic E-state index is 0.288. The molecule has 1 aliphatic rings. The molecule has 0 aliphatic carbocycles. The van der Waals surface area contributed by atoms with E-state index in [2.05, 4.69) is 59.9 Å². The van der Waals surface area contributed by atoms with Gasteiger partial charge in [0.2, 0.25) is 0 Å². The number of ether oxygens (including phenoxy) is 1. The second-order valence-corrected chi connectivity index (χ2v) is 7.52. The Balaban J connectivity index is 1.47. The molecule has 3 heteroatoms. The molecule has 0 radical (unpaired) electrons. The predicted octanol–water partition coefficient (Wildman–Crippen LogP) is 5.00. The predicted molar refractivity (Wildman–Crippen MR) is 118 cm³/mol. The zero-order valence-electron chi connectivity index (χ0n) is 16.6. The minimum Gasteiger partial charge on any atom is -0.508 e. The van der Waals surface area contributed by atoms with Crippen LogP contribution in [0.4, 0.5) is 0 Å². The molecule has 2 N–H and O–H groups in total. The second-order valence-electron chi connectivity index (χ2n) is 7.52. The first-order valence-electron chi connectivity index (χ1n) is 10.2. The molecule has 0 aromatic heterocycles. The Morgan fingerprint density at radius 1 is 0.931 bits per heavy atom. The van der Waals surface area contributed by atoms with Gasteiger partial charge in [0.1, 0.15) is 17.6 Å². The van der Waals surface area contributed by atoms with E-state index in [9.17, 15) is 5.11 Å². The number of phenols is 1. The van der Waals surface area contributed by atoms with E-state index in [1.165, 1.54) is 22.3 Å². The Hall–Kier alpha value is -3.04. The van der Waals surface area contributed by atoms with Crippen LogP contribution in [0.25, 0.3) is 5.57 Å². The van der Waals surface area contributed by atoms with Gasteiger partial charge in [-0.2, -0.15) is 0 Å². The summed E-state index contributed by atoms with van der Waals surface area (Å²) in [5.74, 6) is 1.24. The van der Waals surface area contributed by atoms with Crippen LogP contribution in [0, 0.1) is 0 Å². The summed E-state index contributed by atoms with van der Waals surface area (Å²) in [5, 5.41) is 12.9. The molecular weight excluding hydrogens is 358 g/mol. The lowest BCUT2D eigenvalue weighted by atomic mass is 9.96. The van der Waals surface area contributed by atoms with Gasteiger partial charge in [0.05, 0.1) is 0 Å². The van der Waals surface area contributed by atoms with Gasteiger partial charge in [-0.15, -0.1) is 0 Å². The summed E-state index contributed by atoms with van der Waals surface area (Å²) in [4.78, 5) is 0. The van der Waals surface area contributed by atoms with Crippen molar-refractivity contribution >= 4 is 5.57 Å². The van der Waals surface area contributed by atoms with Crippen LogP contribution < -0.4 is 10.1 Å². The maximum absolute atomic E-state index is 9.54. The molecule has 0 bridgehead atoms. The summed E-state index contributed by atoms with van der Waals surface area (Å²) in [6, 6.07) is 26.4. The van der Waals surface area contributed by atoms with Crippen molar-refractivity contribution in [1.82, 2.24) is 5.32 Å². The van der Waals surface area contributed by atoms with Crippen LogP contribution in [-0.4, -0.2) is 24.3 Å². The zero-order chi connectivity index (χ0) is 19.9. The molecule has 3 aromatic carbocycles. The Morgan fingerprint density at radius 3 is 2.34 bits per heavy atom. The monoisotopic (exact) mass is 385 g/mol. The van der Waals surface area contributed by atoms with E-state index in [0.717, 1.165) is 38.1 Å². The number of hydrogen-bond acceptors (Lipinski definition) is 3. The molecule has 29 heavy (non-hydrogen) atoms. The first kappa shape index (κ1) is 19.3. The van der Waals surface area contributed by atoms with E-state index in [1.807, 2.05) is 18.2 Å². The third kappa shape index (κ3) is 5.49. The van der Waals surface area contributed by atoms with Gasteiger partial charge in [-0.1, -0.05) is 60.7 Å². The summed E-state index contributed by atoms with van der Waals surface area (Å²) in [6.45, 7) is 1.97. The fraction of sp³-hybridized carbons (Fsp3) is 0.231. The quantitative estimate of drug-likeness (QED) is 0.601. The highest BCUT2D eigenvalue weighted by molar-refractivity contribution is 5.68. The average Bonchev–Trinajstić information content (AvgIpc) is 3.27. The summed E-state index contributed by atoms with van der Waals surface area (Å²) >= 11 is 0. The number of phenolic OH excluding ortho intramolecular Hbond substituents is 1. The van der Waals surface area contributed by atoms with Gasteiger partial charge >= 0.3 is 0 Å². The third-order valence-electron chi connectivity index (χ3n) is 5.30. The first-order valence-corrected chi connectivity index (χ1v) is 10.2. The van der Waals surface area contributed by atoms with Crippen molar-refractivity contribution in [1.29, 1.82) is 0 Å². The van der Waals surface area contributed by atoms with Crippen LogP contribution in [0.3, 0.4) is 0 Å². The third-order valence-corrected chi connectivity index (χ3v) is 5.30. The number of hydrogen-bond donors (Lipinski definition) is 2. The Bertz CT molecular complexity index is 925. The van der Waals surface area contributed by atoms with Crippen LogP contribution in [0.15, 0.2) is 84.9 Å². The van der Waals surface area contributed by atoms with Gasteiger partial charge in [-0.3, -0.25) is 0 Å². The summed E-state index contributed by atoms with van der Waals surface area (Å²) in [7, 11) is 0. The van der Waals surface area contributed by atoms with Crippen LogP contribution >= 0.6 is 0 Å². The molecule has 0 saturated carbocycles. The molecule has 1 atom stereocenters. The van der Waals surface area contributed by atoms with Crippen LogP contribution in [0.1, 0.15) is 23.1 Å². The summed E-state index contributed by atoms with van der Waals surface area (Å²) in [5.41, 5.74) is 4.97. The van der Waals surface area contributed by atoms with E-state index in [1.54, 1.807) is 12.1 Å². The van der Waals surface area contributed by atoms with Gasteiger partial charge in [0, 0.05) is 6.54 Å². The molecular formula is C26H27NO2. The number of benzene rings is 3. The van der Waals surface area contributed by atoms with Crippen molar-refractivity contribution < 1.29 is 9.84 Å². The fourth-order valence-corrected chi connectivity index (χ4v) is 3.64. The summed E-state index contributed by atoms with van der Waals surface area (Å²) < 4.78 is 6.02. The van der Waals surface area contributed by atoms with Crippen LogP contribution in [-0.2, 0) is 12.8 Å². The molecule has 148 valence electrons. The molecule has 1 aliphatic heterocycles. The lowest BCUT2D eigenvalue weighted by molar-refractivity contribution is 0.223. The van der Waals surface area contributed by atoms with Gasteiger partial charge in [-0.05, 0) is 72.3 Å². The Labute approximate surface area is 172 Å². The van der Waals surface area contributed by atoms with Crippen molar-refractivity contribution in [3.63, 3.8) is 0 Å². The van der Waals surface area contributed by atoms with Crippen molar-refractivity contribution in [3.05, 3.63) is 102 Å². The minimum absolute atomic E-state index is 0.288. The smallest absolute Gasteiger partial charge is 0.119 e. The molecule has 0 amide bonds. The normalized spacial score (nSPS) is 16.7. The average molecular weight is 386 g/mol. The largest absolute Gasteiger partial charge is 0.508 e. The van der Waals surface area contributed by atoms with Gasteiger partial charge < -0.3 is 15.2 Å².